The SMILES string of the molecule is O=C(O)C(Cn1cnc2c1CCCC2)NC1CC1. The summed E-state index contributed by atoms with van der Waals surface area (Å²) in [5.74, 6) is -0.764. The molecule has 0 spiro atoms. The minimum absolute atomic E-state index is 0.408. The second-order valence-electron chi connectivity index (χ2n) is 5.33. The number of nitrogens with one attached hydrogen (secondary N) is 1. The molecule has 1 heterocycles. The zero-order chi connectivity index (χ0) is 12.5. The molecular weight excluding hydrogens is 230 g/mol. The van der Waals surface area contributed by atoms with E-state index in [2.05, 4.69) is 10.3 Å². The molecule has 2 N–H and O–H groups in total. The van der Waals surface area contributed by atoms with E-state index < -0.39 is 12.0 Å². The minimum Gasteiger partial charge on any atom is -0.480 e. The van der Waals surface area contributed by atoms with E-state index in [0.717, 1.165) is 31.4 Å². The van der Waals surface area contributed by atoms with E-state index in [9.17, 15) is 9.90 Å². The molecular formula is C13H19N3O2. The van der Waals surface area contributed by atoms with Gasteiger partial charge in [0.25, 0.3) is 0 Å². The van der Waals surface area contributed by atoms with Gasteiger partial charge in [0, 0.05) is 18.3 Å². The van der Waals surface area contributed by atoms with Crippen LogP contribution in [0.2, 0.25) is 0 Å². The van der Waals surface area contributed by atoms with Crippen LogP contribution in [0.25, 0.3) is 0 Å². The first kappa shape index (κ1) is 11.7. The highest BCUT2D eigenvalue weighted by molar-refractivity contribution is 5.73. The van der Waals surface area contributed by atoms with Gasteiger partial charge < -0.3 is 15.0 Å². The largest absolute Gasteiger partial charge is 0.480 e. The predicted octanol–water partition coefficient (Wildman–Crippen LogP) is 0.967. The number of carboxylic acids is 1. The van der Waals surface area contributed by atoms with Crippen LogP contribution < -0.4 is 5.32 Å². The number of aliphatic carboxylic acids is 1. The molecule has 98 valence electrons. The van der Waals surface area contributed by atoms with Gasteiger partial charge in [0.05, 0.1) is 12.0 Å². The summed E-state index contributed by atoms with van der Waals surface area (Å²) < 4.78 is 2.03. The van der Waals surface area contributed by atoms with Gasteiger partial charge >= 0.3 is 5.97 Å². The molecule has 0 bridgehead atoms. The van der Waals surface area contributed by atoms with Crippen LogP contribution in [0.3, 0.4) is 0 Å². The smallest absolute Gasteiger partial charge is 0.322 e. The Morgan fingerprint density at radius 2 is 2.28 bits per heavy atom. The molecule has 5 nitrogen and oxygen atoms in total. The van der Waals surface area contributed by atoms with E-state index >= 15 is 0 Å². The molecule has 1 unspecified atom stereocenters. The van der Waals surface area contributed by atoms with Crippen molar-refractivity contribution in [2.45, 2.75) is 57.2 Å². The third kappa shape index (κ3) is 2.41. The Bertz CT molecular complexity index is 451. The number of fused-ring (bicyclic) bond motifs is 1. The molecule has 1 aromatic rings. The topological polar surface area (TPSA) is 67.1 Å². The number of rotatable bonds is 5. The standard InChI is InChI=1S/C13H19N3O2/c17-13(18)11(15-9-5-6-9)7-16-8-14-10-3-1-2-4-12(10)16/h8-9,11,15H,1-7H2,(H,17,18). The van der Waals surface area contributed by atoms with Crippen molar-refractivity contribution >= 4 is 5.97 Å². The van der Waals surface area contributed by atoms with E-state index in [1.165, 1.54) is 18.5 Å². The predicted molar refractivity (Wildman–Crippen MR) is 66.5 cm³/mol. The molecule has 0 radical (unpaired) electrons. The highest BCUT2D eigenvalue weighted by Crippen LogP contribution is 2.22. The number of hydrogen-bond donors (Lipinski definition) is 2. The van der Waals surface area contributed by atoms with Crippen molar-refractivity contribution in [3.05, 3.63) is 17.7 Å². The third-order valence-corrected chi connectivity index (χ3v) is 3.80. The first-order valence-electron chi connectivity index (χ1n) is 6.76. The van der Waals surface area contributed by atoms with Crippen LogP contribution in [0.5, 0.6) is 0 Å². The minimum atomic E-state index is -0.764. The monoisotopic (exact) mass is 249 g/mol. The van der Waals surface area contributed by atoms with Gasteiger partial charge in [0.1, 0.15) is 6.04 Å². The Morgan fingerprint density at radius 1 is 1.50 bits per heavy atom. The van der Waals surface area contributed by atoms with Crippen molar-refractivity contribution in [1.29, 1.82) is 0 Å². The fraction of sp³-hybridized carbons (Fsp3) is 0.692. The Labute approximate surface area is 106 Å². The second kappa shape index (κ2) is 4.72. The molecule has 2 aliphatic rings. The molecule has 0 aliphatic heterocycles. The van der Waals surface area contributed by atoms with Gasteiger partial charge in [0.15, 0.2) is 0 Å². The molecule has 5 heteroatoms. The molecule has 1 aromatic heterocycles. The molecule has 0 aromatic carbocycles. The van der Waals surface area contributed by atoms with Crippen molar-refractivity contribution in [2.24, 2.45) is 0 Å². The number of aryl methyl sites for hydroxylation is 1. The Balaban J connectivity index is 1.73. The summed E-state index contributed by atoms with van der Waals surface area (Å²) in [6.45, 7) is 0.494. The molecule has 1 atom stereocenters. The summed E-state index contributed by atoms with van der Waals surface area (Å²) in [5.41, 5.74) is 2.40. The van der Waals surface area contributed by atoms with Crippen LogP contribution in [-0.4, -0.2) is 32.7 Å². The second-order valence-corrected chi connectivity index (χ2v) is 5.33. The highest BCUT2D eigenvalue weighted by Gasteiger charge is 2.29. The number of carboxylic acid groups (broad SMARTS) is 1. The quantitative estimate of drug-likeness (QED) is 0.816. The van der Waals surface area contributed by atoms with Gasteiger partial charge in [-0.25, -0.2) is 4.98 Å². The van der Waals surface area contributed by atoms with Crippen LogP contribution in [-0.2, 0) is 24.2 Å². The van der Waals surface area contributed by atoms with E-state index in [0.29, 0.717) is 12.6 Å². The lowest BCUT2D eigenvalue weighted by Crippen LogP contribution is -2.41. The number of nitrogens with zero attached hydrogens (tertiary/aromatic N) is 2. The maximum atomic E-state index is 11.3. The number of aromatic nitrogens is 2. The Hall–Kier alpha value is -1.36. The zero-order valence-electron chi connectivity index (χ0n) is 10.4. The molecule has 3 rings (SSSR count). The highest BCUT2D eigenvalue weighted by atomic mass is 16.4. The van der Waals surface area contributed by atoms with Crippen molar-refractivity contribution in [3.63, 3.8) is 0 Å². The summed E-state index contributed by atoms with van der Waals surface area (Å²) in [5, 5.41) is 12.4. The molecule has 1 saturated carbocycles. The van der Waals surface area contributed by atoms with Gasteiger partial charge in [-0.1, -0.05) is 0 Å². The average Bonchev–Trinajstić information content (AvgIpc) is 3.09. The maximum Gasteiger partial charge on any atom is 0.322 e. The normalized spacial score (nSPS) is 20.4. The molecule has 0 saturated heterocycles. The van der Waals surface area contributed by atoms with E-state index in [4.69, 9.17) is 0 Å². The summed E-state index contributed by atoms with van der Waals surface area (Å²) in [6.07, 6.45) is 8.47. The van der Waals surface area contributed by atoms with Gasteiger partial charge in [-0.2, -0.15) is 0 Å². The lowest BCUT2D eigenvalue weighted by atomic mass is 10.0. The maximum absolute atomic E-state index is 11.3. The van der Waals surface area contributed by atoms with Gasteiger partial charge in [-0.15, -0.1) is 0 Å². The lowest BCUT2D eigenvalue weighted by Gasteiger charge is -2.18. The van der Waals surface area contributed by atoms with Crippen molar-refractivity contribution in [2.75, 3.05) is 0 Å². The van der Waals surface area contributed by atoms with E-state index in [-0.39, 0.29) is 0 Å². The van der Waals surface area contributed by atoms with Crippen molar-refractivity contribution < 1.29 is 9.90 Å². The first-order valence-corrected chi connectivity index (χ1v) is 6.76. The Kier molecular flexibility index (Phi) is 3.07. The third-order valence-electron chi connectivity index (χ3n) is 3.80. The van der Waals surface area contributed by atoms with Crippen molar-refractivity contribution in [1.82, 2.24) is 14.9 Å². The molecule has 1 fully saturated rings. The van der Waals surface area contributed by atoms with E-state index in [1.807, 2.05) is 4.57 Å². The number of hydrogen-bond acceptors (Lipinski definition) is 3. The first-order chi connectivity index (χ1) is 8.74. The fourth-order valence-electron chi connectivity index (χ4n) is 2.62. The summed E-state index contributed by atoms with van der Waals surface area (Å²) in [6, 6.07) is -0.0804. The van der Waals surface area contributed by atoms with Gasteiger partial charge in [-0.05, 0) is 38.5 Å². The molecule has 2 aliphatic carbocycles. The van der Waals surface area contributed by atoms with Crippen LogP contribution in [0.15, 0.2) is 6.33 Å². The lowest BCUT2D eigenvalue weighted by molar-refractivity contribution is -0.139. The summed E-state index contributed by atoms with van der Waals surface area (Å²) in [7, 11) is 0. The van der Waals surface area contributed by atoms with Gasteiger partial charge in [-0.3, -0.25) is 4.79 Å². The number of imidazole rings is 1. The average molecular weight is 249 g/mol. The van der Waals surface area contributed by atoms with Crippen LogP contribution in [0.1, 0.15) is 37.1 Å². The fourth-order valence-corrected chi connectivity index (χ4v) is 2.62. The van der Waals surface area contributed by atoms with Crippen LogP contribution in [0.4, 0.5) is 0 Å². The number of carbonyl (C=O) groups is 1. The summed E-state index contributed by atoms with van der Waals surface area (Å²) >= 11 is 0. The van der Waals surface area contributed by atoms with Crippen molar-refractivity contribution in [3.8, 4) is 0 Å². The van der Waals surface area contributed by atoms with Crippen LogP contribution >= 0.6 is 0 Å². The van der Waals surface area contributed by atoms with Crippen LogP contribution in [0, 0.1) is 0 Å². The zero-order valence-corrected chi connectivity index (χ0v) is 10.4. The molecule has 0 amide bonds. The molecule has 18 heavy (non-hydrogen) atoms. The van der Waals surface area contributed by atoms with E-state index in [1.54, 1.807) is 6.33 Å². The Morgan fingerprint density at radius 3 is 3.00 bits per heavy atom. The summed E-state index contributed by atoms with van der Waals surface area (Å²) in [4.78, 5) is 15.7. The van der Waals surface area contributed by atoms with Gasteiger partial charge in [0.2, 0.25) is 0 Å².